The van der Waals surface area contributed by atoms with Crippen molar-refractivity contribution >= 4 is 29.3 Å². The molecular formula is C13H14N2O3S. The molecule has 1 fully saturated rings. The number of carbonyl (C=O) groups excluding carboxylic acids is 1. The Hall–Kier alpha value is -2.08. The van der Waals surface area contributed by atoms with Gasteiger partial charge in [0, 0.05) is 0 Å². The van der Waals surface area contributed by atoms with E-state index in [2.05, 4.69) is 10.6 Å². The fraction of sp³-hybridized carbons (Fsp3) is 0.231. The summed E-state index contributed by atoms with van der Waals surface area (Å²) in [5, 5.41) is 5.61. The topological polar surface area (TPSA) is 59.6 Å². The summed E-state index contributed by atoms with van der Waals surface area (Å²) in [4.78, 5) is 11.5. The van der Waals surface area contributed by atoms with Crippen LogP contribution in [-0.2, 0) is 4.79 Å². The zero-order valence-corrected chi connectivity index (χ0v) is 11.5. The minimum Gasteiger partial charge on any atom is -0.493 e. The van der Waals surface area contributed by atoms with E-state index in [1.807, 2.05) is 19.1 Å². The minimum absolute atomic E-state index is 0.237. The van der Waals surface area contributed by atoms with E-state index in [1.165, 1.54) is 0 Å². The van der Waals surface area contributed by atoms with E-state index in [-0.39, 0.29) is 5.91 Å². The zero-order chi connectivity index (χ0) is 13.8. The van der Waals surface area contributed by atoms with E-state index >= 15 is 0 Å². The molecule has 0 atom stereocenters. The first-order valence-corrected chi connectivity index (χ1v) is 6.19. The summed E-state index contributed by atoms with van der Waals surface area (Å²) in [6, 6.07) is 5.44. The predicted octanol–water partition coefficient (Wildman–Crippen LogP) is 1.44. The second kappa shape index (κ2) is 5.71. The van der Waals surface area contributed by atoms with E-state index < -0.39 is 0 Å². The standard InChI is InChI=1S/C13H14N2O3S/c1-3-18-11-7-8(4-5-10(11)17-2)6-9-12(16)15-13(19)14-9/h4-7H,3H2,1-2H3,(H2,14,15,16,19)/b9-6+. The van der Waals surface area contributed by atoms with Gasteiger partial charge < -0.3 is 14.8 Å². The number of benzene rings is 1. The lowest BCUT2D eigenvalue weighted by atomic mass is 10.1. The Morgan fingerprint density at radius 2 is 2.11 bits per heavy atom. The van der Waals surface area contributed by atoms with Gasteiger partial charge in [-0.2, -0.15) is 0 Å². The van der Waals surface area contributed by atoms with E-state index in [0.29, 0.717) is 28.9 Å². The van der Waals surface area contributed by atoms with Gasteiger partial charge in [-0.1, -0.05) is 6.07 Å². The van der Waals surface area contributed by atoms with Gasteiger partial charge in [0.05, 0.1) is 13.7 Å². The molecule has 1 aliphatic rings. The van der Waals surface area contributed by atoms with Crippen molar-refractivity contribution in [3.8, 4) is 11.5 Å². The van der Waals surface area contributed by atoms with Gasteiger partial charge in [0.1, 0.15) is 5.70 Å². The molecule has 1 amide bonds. The summed E-state index contributed by atoms with van der Waals surface area (Å²) in [5.74, 6) is 1.06. The van der Waals surface area contributed by atoms with Crippen LogP contribution in [0.3, 0.4) is 0 Å². The van der Waals surface area contributed by atoms with Crippen molar-refractivity contribution < 1.29 is 14.3 Å². The molecule has 1 aromatic carbocycles. The summed E-state index contributed by atoms with van der Waals surface area (Å²) in [6.45, 7) is 2.44. The van der Waals surface area contributed by atoms with Crippen molar-refractivity contribution in [2.75, 3.05) is 13.7 Å². The quantitative estimate of drug-likeness (QED) is 0.644. The number of hydrogen-bond acceptors (Lipinski definition) is 4. The molecule has 0 saturated carbocycles. The molecule has 0 aromatic heterocycles. The fourth-order valence-electron chi connectivity index (χ4n) is 1.70. The first kappa shape index (κ1) is 13.4. The Morgan fingerprint density at radius 3 is 2.68 bits per heavy atom. The van der Waals surface area contributed by atoms with Crippen molar-refractivity contribution in [2.45, 2.75) is 6.92 Å². The maximum absolute atomic E-state index is 11.5. The van der Waals surface area contributed by atoms with Gasteiger partial charge in [-0.3, -0.25) is 10.1 Å². The number of carbonyl (C=O) groups is 1. The largest absolute Gasteiger partial charge is 0.493 e. The number of amides is 1. The highest BCUT2D eigenvalue weighted by atomic mass is 32.1. The monoisotopic (exact) mass is 278 g/mol. The minimum atomic E-state index is -0.237. The van der Waals surface area contributed by atoms with Crippen LogP contribution >= 0.6 is 12.2 Å². The summed E-state index contributed by atoms with van der Waals surface area (Å²) >= 11 is 4.87. The first-order chi connectivity index (χ1) is 9.13. The van der Waals surface area contributed by atoms with Crippen molar-refractivity contribution in [3.05, 3.63) is 29.5 Å². The maximum Gasteiger partial charge on any atom is 0.273 e. The van der Waals surface area contributed by atoms with Crippen LogP contribution in [0.1, 0.15) is 12.5 Å². The third-order valence-electron chi connectivity index (χ3n) is 2.52. The lowest BCUT2D eigenvalue weighted by Gasteiger charge is -2.09. The van der Waals surface area contributed by atoms with E-state index in [0.717, 1.165) is 5.56 Å². The van der Waals surface area contributed by atoms with Crippen molar-refractivity contribution in [3.63, 3.8) is 0 Å². The molecule has 1 aromatic rings. The van der Waals surface area contributed by atoms with Crippen LogP contribution in [0.2, 0.25) is 0 Å². The van der Waals surface area contributed by atoms with Gasteiger partial charge in [-0.05, 0) is 42.9 Å². The third kappa shape index (κ3) is 3.03. The van der Waals surface area contributed by atoms with Gasteiger partial charge in [0.2, 0.25) is 0 Å². The Balaban J connectivity index is 2.31. The van der Waals surface area contributed by atoms with Crippen molar-refractivity contribution in [2.24, 2.45) is 0 Å². The predicted molar refractivity (Wildman–Crippen MR) is 76.0 cm³/mol. The van der Waals surface area contributed by atoms with Crippen LogP contribution < -0.4 is 20.1 Å². The normalized spacial score (nSPS) is 16.2. The summed E-state index contributed by atoms with van der Waals surface area (Å²) < 4.78 is 10.7. The molecular weight excluding hydrogens is 264 g/mol. The highest BCUT2D eigenvalue weighted by Gasteiger charge is 2.20. The van der Waals surface area contributed by atoms with E-state index in [9.17, 15) is 4.79 Å². The molecule has 6 heteroatoms. The van der Waals surface area contributed by atoms with E-state index in [4.69, 9.17) is 21.7 Å². The van der Waals surface area contributed by atoms with Crippen molar-refractivity contribution in [1.29, 1.82) is 0 Å². The highest BCUT2D eigenvalue weighted by molar-refractivity contribution is 7.80. The zero-order valence-electron chi connectivity index (χ0n) is 10.6. The molecule has 1 aliphatic heterocycles. The number of nitrogens with one attached hydrogen (secondary N) is 2. The Bertz CT molecular complexity index is 555. The molecule has 100 valence electrons. The van der Waals surface area contributed by atoms with Gasteiger partial charge in [0.15, 0.2) is 16.6 Å². The molecule has 1 saturated heterocycles. The molecule has 0 radical (unpaired) electrons. The molecule has 0 unspecified atom stereocenters. The molecule has 5 nitrogen and oxygen atoms in total. The second-order valence-electron chi connectivity index (χ2n) is 3.81. The second-order valence-corrected chi connectivity index (χ2v) is 4.22. The van der Waals surface area contributed by atoms with Crippen LogP contribution in [0.15, 0.2) is 23.9 Å². The lowest BCUT2D eigenvalue weighted by Crippen LogP contribution is -2.21. The molecule has 1 heterocycles. The molecule has 2 rings (SSSR count). The Morgan fingerprint density at radius 1 is 1.32 bits per heavy atom. The molecule has 0 aliphatic carbocycles. The summed E-state index contributed by atoms with van der Waals surface area (Å²) in [6.07, 6.45) is 1.70. The molecule has 0 bridgehead atoms. The third-order valence-corrected chi connectivity index (χ3v) is 2.72. The molecule has 19 heavy (non-hydrogen) atoms. The fourth-order valence-corrected chi connectivity index (χ4v) is 1.90. The number of hydrogen-bond donors (Lipinski definition) is 2. The SMILES string of the molecule is CCOc1cc(/C=C2/NC(=S)NC2=O)ccc1OC. The van der Waals surface area contributed by atoms with Gasteiger partial charge in [-0.25, -0.2) is 0 Å². The smallest absolute Gasteiger partial charge is 0.273 e. The van der Waals surface area contributed by atoms with E-state index in [1.54, 1.807) is 19.3 Å². The van der Waals surface area contributed by atoms with Gasteiger partial charge >= 0.3 is 0 Å². The lowest BCUT2D eigenvalue weighted by molar-refractivity contribution is -0.115. The van der Waals surface area contributed by atoms with Crippen LogP contribution in [-0.4, -0.2) is 24.7 Å². The number of thiocarbonyl (C=S) groups is 1. The van der Waals surface area contributed by atoms with Crippen LogP contribution in [0.5, 0.6) is 11.5 Å². The first-order valence-electron chi connectivity index (χ1n) is 5.79. The van der Waals surface area contributed by atoms with Crippen LogP contribution in [0.4, 0.5) is 0 Å². The average Bonchev–Trinajstić information content (AvgIpc) is 2.69. The van der Waals surface area contributed by atoms with Crippen molar-refractivity contribution in [1.82, 2.24) is 10.6 Å². The summed E-state index contributed by atoms with van der Waals surface area (Å²) in [7, 11) is 1.58. The maximum atomic E-state index is 11.5. The van der Waals surface area contributed by atoms with Gasteiger partial charge in [0.25, 0.3) is 5.91 Å². The number of ether oxygens (including phenoxy) is 2. The van der Waals surface area contributed by atoms with Gasteiger partial charge in [-0.15, -0.1) is 0 Å². The Labute approximate surface area is 116 Å². The average molecular weight is 278 g/mol. The van der Waals surface area contributed by atoms with Crippen LogP contribution in [0, 0.1) is 0 Å². The Kier molecular flexibility index (Phi) is 4.01. The highest BCUT2D eigenvalue weighted by Crippen LogP contribution is 2.28. The van der Waals surface area contributed by atoms with Crippen LogP contribution in [0.25, 0.3) is 6.08 Å². The number of rotatable bonds is 4. The summed E-state index contributed by atoms with van der Waals surface area (Å²) in [5.41, 5.74) is 1.24. The molecule has 2 N–H and O–H groups in total. The molecule has 0 spiro atoms. The number of methoxy groups -OCH3 is 1.